The maximum atomic E-state index is 8.58. The normalized spacial score (nSPS) is 15.1. The molecule has 0 rings (SSSR count). The van der Waals surface area contributed by atoms with Crippen LogP contribution in [0.1, 0.15) is 26.7 Å². The molecule has 0 aromatic heterocycles. The first kappa shape index (κ1) is 13.4. The van der Waals surface area contributed by atoms with E-state index in [2.05, 4.69) is 18.3 Å². The van der Waals surface area contributed by atoms with Crippen molar-refractivity contribution in [2.45, 2.75) is 45.1 Å². The Morgan fingerprint density at radius 3 is 2.29 bits per heavy atom. The number of hydrogen-bond donors (Lipinski definition) is 1. The van der Waals surface area contributed by atoms with Gasteiger partial charge in [0.2, 0.25) is 0 Å². The van der Waals surface area contributed by atoms with Crippen molar-refractivity contribution in [1.29, 1.82) is 5.26 Å². The van der Waals surface area contributed by atoms with E-state index in [0.29, 0.717) is 6.42 Å². The van der Waals surface area contributed by atoms with Gasteiger partial charge in [-0.15, -0.1) is 0 Å². The summed E-state index contributed by atoms with van der Waals surface area (Å²) in [5.41, 5.74) is 0. The molecule has 0 radical (unpaired) electrons. The van der Waals surface area contributed by atoms with Gasteiger partial charge in [-0.2, -0.15) is 5.26 Å². The summed E-state index contributed by atoms with van der Waals surface area (Å²) in [6.45, 7) is 4.04. The van der Waals surface area contributed by atoms with Gasteiger partial charge in [0.25, 0.3) is 0 Å². The maximum absolute atomic E-state index is 8.58. The Hall–Kier alpha value is -0.630. The van der Waals surface area contributed by atoms with E-state index in [1.807, 2.05) is 6.92 Å². The van der Waals surface area contributed by atoms with E-state index in [1.54, 1.807) is 14.2 Å². The SMILES string of the molecule is CCC(CC#N)NC(C)C(OC)OC. The van der Waals surface area contributed by atoms with Gasteiger partial charge in [-0.1, -0.05) is 6.92 Å². The summed E-state index contributed by atoms with van der Waals surface area (Å²) in [7, 11) is 3.22. The Morgan fingerprint density at radius 1 is 1.36 bits per heavy atom. The van der Waals surface area contributed by atoms with Crippen LogP contribution in [0.4, 0.5) is 0 Å². The number of ether oxygens (including phenoxy) is 2. The van der Waals surface area contributed by atoms with Crippen LogP contribution < -0.4 is 5.32 Å². The van der Waals surface area contributed by atoms with E-state index in [9.17, 15) is 0 Å². The average molecular weight is 200 g/mol. The highest BCUT2D eigenvalue weighted by Crippen LogP contribution is 2.03. The number of hydrogen-bond acceptors (Lipinski definition) is 4. The predicted molar refractivity (Wildman–Crippen MR) is 54.7 cm³/mol. The van der Waals surface area contributed by atoms with Gasteiger partial charge in [0.05, 0.1) is 18.5 Å². The minimum absolute atomic E-state index is 0.0864. The van der Waals surface area contributed by atoms with Crippen molar-refractivity contribution in [2.24, 2.45) is 0 Å². The average Bonchev–Trinajstić information content (AvgIpc) is 2.19. The van der Waals surface area contributed by atoms with E-state index in [1.165, 1.54) is 0 Å². The molecule has 0 fully saturated rings. The van der Waals surface area contributed by atoms with Crippen LogP contribution in [0, 0.1) is 11.3 Å². The third kappa shape index (κ3) is 4.56. The lowest BCUT2D eigenvalue weighted by molar-refractivity contribution is -0.120. The molecule has 0 saturated heterocycles. The smallest absolute Gasteiger partial charge is 0.171 e. The third-order valence-electron chi connectivity index (χ3n) is 2.20. The number of methoxy groups -OCH3 is 2. The Labute approximate surface area is 86.2 Å². The number of nitrogens with zero attached hydrogens (tertiary/aromatic N) is 1. The van der Waals surface area contributed by atoms with Crippen molar-refractivity contribution in [2.75, 3.05) is 14.2 Å². The molecule has 82 valence electrons. The fraction of sp³-hybridized carbons (Fsp3) is 0.900. The van der Waals surface area contributed by atoms with Crippen molar-refractivity contribution >= 4 is 0 Å². The zero-order valence-corrected chi connectivity index (χ0v) is 9.41. The Morgan fingerprint density at radius 2 is 1.93 bits per heavy atom. The van der Waals surface area contributed by atoms with Crippen molar-refractivity contribution < 1.29 is 9.47 Å². The van der Waals surface area contributed by atoms with Gasteiger partial charge in [0, 0.05) is 20.3 Å². The zero-order chi connectivity index (χ0) is 11.0. The highest BCUT2D eigenvalue weighted by atomic mass is 16.7. The van der Waals surface area contributed by atoms with Crippen LogP contribution in [-0.2, 0) is 9.47 Å². The molecule has 1 N–H and O–H groups in total. The first-order valence-electron chi connectivity index (χ1n) is 4.88. The standard InChI is InChI=1S/C10H20N2O2/c1-5-9(6-7-11)12-8(2)10(13-3)14-4/h8-10,12H,5-6H2,1-4H3. The van der Waals surface area contributed by atoms with E-state index < -0.39 is 0 Å². The molecule has 4 heteroatoms. The van der Waals surface area contributed by atoms with Crippen LogP contribution in [0.25, 0.3) is 0 Å². The highest BCUT2D eigenvalue weighted by molar-refractivity contribution is 4.82. The molecule has 2 unspecified atom stereocenters. The zero-order valence-electron chi connectivity index (χ0n) is 9.41. The van der Waals surface area contributed by atoms with Gasteiger partial charge in [-0.25, -0.2) is 0 Å². The molecule has 0 aromatic rings. The van der Waals surface area contributed by atoms with Crippen molar-refractivity contribution in [3.8, 4) is 6.07 Å². The molecule has 14 heavy (non-hydrogen) atoms. The topological polar surface area (TPSA) is 54.3 Å². The first-order valence-corrected chi connectivity index (χ1v) is 4.88. The summed E-state index contributed by atoms with van der Waals surface area (Å²) < 4.78 is 10.2. The van der Waals surface area contributed by atoms with Gasteiger partial charge in [-0.05, 0) is 13.3 Å². The van der Waals surface area contributed by atoms with Crippen molar-refractivity contribution in [3.05, 3.63) is 0 Å². The number of rotatable bonds is 7. The Kier molecular flexibility index (Phi) is 7.40. The molecule has 0 aliphatic carbocycles. The lowest BCUT2D eigenvalue weighted by Crippen LogP contribution is -2.44. The summed E-state index contributed by atoms with van der Waals surface area (Å²) in [6, 6.07) is 2.45. The highest BCUT2D eigenvalue weighted by Gasteiger charge is 2.18. The quantitative estimate of drug-likeness (QED) is 0.629. The van der Waals surface area contributed by atoms with Crippen LogP contribution in [0.3, 0.4) is 0 Å². The van der Waals surface area contributed by atoms with E-state index in [4.69, 9.17) is 14.7 Å². The summed E-state index contributed by atoms with van der Waals surface area (Å²) in [5.74, 6) is 0. The van der Waals surface area contributed by atoms with Gasteiger partial charge in [0.1, 0.15) is 0 Å². The number of nitriles is 1. The minimum Gasteiger partial charge on any atom is -0.354 e. The molecule has 0 aliphatic rings. The number of nitrogens with one attached hydrogen (secondary N) is 1. The second-order valence-corrected chi connectivity index (χ2v) is 3.26. The van der Waals surface area contributed by atoms with Crippen molar-refractivity contribution in [3.63, 3.8) is 0 Å². The van der Waals surface area contributed by atoms with Gasteiger partial charge < -0.3 is 14.8 Å². The van der Waals surface area contributed by atoms with Crippen LogP contribution in [-0.4, -0.2) is 32.6 Å². The Balaban J connectivity index is 4.00. The molecule has 0 amide bonds. The molecule has 4 nitrogen and oxygen atoms in total. The fourth-order valence-electron chi connectivity index (χ4n) is 1.39. The van der Waals surface area contributed by atoms with E-state index in [-0.39, 0.29) is 18.4 Å². The van der Waals surface area contributed by atoms with Crippen LogP contribution >= 0.6 is 0 Å². The van der Waals surface area contributed by atoms with Crippen LogP contribution in [0.15, 0.2) is 0 Å². The Bertz CT molecular complexity index is 175. The molecule has 2 atom stereocenters. The lowest BCUT2D eigenvalue weighted by Gasteiger charge is -2.25. The van der Waals surface area contributed by atoms with Gasteiger partial charge >= 0.3 is 0 Å². The van der Waals surface area contributed by atoms with E-state index >= 15 is 0 Å². The molecule has 0 saturated carbocycles. The molecule has 0 bridgehead atoms. The summed E-state index contributed by atoms with van der Waals surface area (Å²) in [5, 5.41) is 11.9. The monoisotopic (exact) mass is 200 g/mol. The largest absolute Gasteiger partial charge is 0.354 e. The van der Waals surface area contributed by atoms with Crippen molar-refractivity contribution in [1.82, 2.24) is 5.32 Å². The fourth-order valence-corrected chi connectivity index (χ4v) is 1.39. The molecule has 0 heterocycles. The summed E-state index contributed by atoms with van der Waals surface area (Å²) >= 11 is 0. The third-order valence-corrected chi connectivity index (χ3v) is 2.20. The van der Waals surface area contributed by atoms with Gasteiger partial charge in [-0.3, -0.25) is 0 Å². The summed E-state index contributed by atoms with van der Waals surface area (Å²) in [6.07, 6.45) is 1.18. The first-order chi connectivity index (χ1) is 6.69. The molecule has 0 aliphatic heterocycles. The second kappa shape index (κ2) is 7.74. The molecular weight excluding hydrogens is 180 g/mol. The predicted octanol–water partition coefficient (Wildman–Crippen LogP) is 1.28. The lowest BCUT2D eigenvalue weighted by atomic mass is 10.1. The van der Waals surface area contributed by atoms with Crippen LogP contribution in [0.5, 0.6) is 0 Å². The summed E-state index contributed by atoms with van der Waals surface area (Å²) in [4.78, 5) is 0. The van der Waals surface area contributed by atoms with Gasteiger partial charge in [0.15, 0.2) is 6.29 Å². The molecular formula is C10H20N2O2. The minimum atomic E-state index is -0.261. The van der Waals surface area contributed by atoms with Crippen LogP contribution in [0.2, 0.25) is 0 Å². The second-order valence-electron chi connectivity index (χ2n) is 3.26. The molecule has 0 spiro atoms. The molecule has 0 aromatic carbocycles. The maximum Gasteiger partial charge on any atom is 0.171 e. The van der Waals surface area contributed by atoms with E-state index in [0.717, 1.165) is 6.42 Å².